The van der Waals surface area contributed by atoms with Gasteiger partial charge < -0.3 is 14.6 Å². The highest BCUT2D eigenvalue weighted by Crippen LogP contribution is 2.36. The molecule has 0 atom stereocenters. The predicted molar refractivity (Wildman–Crippen MR) is 175 cm³/mol. The van der Waals surface area contributed by atoms with Crippen LogP contribution in [0.15, 0.2) is 128 Å². The van der Waals surface area contributed by atoms with Gasteiger partial charge in [-0.25, -0.2) is 9.97 Å². The SMILES string of the molecule is C=C(B(O)O)c1c(/C=C\C)n(-c2cccc(-c3nc(C4=CC=CC=CC4)cc(-c4ccccc4)n3)c2)c2ccccc12. The van der Waals surface area contributed by atoms with Gasteiger partial charge in [0.15, 0.2) is 5.82 Å². The number of benzene rings is 3. The highest BCUT2D eigenvalue weighted by Gasteiger charge is 2.24. The third-order valence-electron chi connectivity index (χ3n) is 7.35. The Labute approximate surface area is 246 Å². The zero-order chi connectivity index (χ0) is 29.1. The van der Waals surface area contributed by atoms with E-state index in [1.165, 1.54) is 0 Å². The Morgan fingerprint density at radius 1 is 0.857 bits per heavy atom. The number of rotatable bonds is 7. The van der Waals surface area contributed by atoms with Crippen molar-refractivity contribution in [3.05, 3.63) is 145 Å². The fourth-order valence-corrected chi connectivity index (χ4v) is 5.37. The molecule has 0 bridgehead atoms. The highest BCUT2D eigenvalue weighted by atomic mass is 16.4. The van der Waals surface area contributed by atoms with E-state index in [0.29, 0.717) is 11.4 Å². The lowest BCUT2D eigenvalue weighted by Crippen LogP contribution is -2.14. The summed E-state index contributed by atoms with van der Waals surface area (Å²) in [6, 6.07) is 28.3. The number of para-hydroxylation sites is 1. The molecule has 6 heteroatoms. The van der Waals surface area contributed by atoms with Crippen molar-refractivity contribution < 1.29 is 10.0 Å². The minimum Gasteiger partial charge on any atom is -0.423 e. The molecule has 0 fully saturated rings. The van der Waals surface area contributed by atoms with Crippen molar-refractivity contribution in [2.24, 2.45) is 0 Å². The van der Waals surface area contributed by atoms with Gasteiger partial charge in [-0.3, -0.25) is 0 Å². The van der Waals surface area contributed by atoms with E-state index in [2.05, 4.69) is 53.6 Å². The van der Waals surface area contributed by atoms with Crippen molar-refractivity contribution in [2.75, 3.05) is 0 Å². The largest absolute Gasteiger partial charge is 0.488 e. The predicted octanol–water partition coefficient (Wildman–Crippen LogP) is 7.71. The van der Waals surface area contributed by atoms with Gasteiger partial charge in [-0.2, -0.15) is 0 Å². The van der Waals surface area contributed by atoms with Crippen LogP contribution in [0.25, 0.3) is 56.4 Å². The molecular weight excluding hydrogens is 517 g/mol. The van der Waals surface area contributed by atoms with Crippen LogP contribution in [0.2, 0.25) is 0 Å². The van der Waals surface area contributed by atoms with Gasteiger partial charge in [-0.05, 0) is 54.7 Å². The first kappa shape index (κ1) is 27.2. The van der Waals surface area contributed by atoms with E-state index in [4.69, 9.17) is 9.97 Å². The molecule has 2 aromatic heterocycles. The molecule has 6 rings (SSSR count). The normalized spacial score (nSPS) is 13.0. The Balaban J connectivity index is 1.56. The number of nitrogens with zero attached hydrogens (tertiary/aromatic N) is 3. The second kappa shape index (κ2) is 11.8. The summed E-state index contributed by atoms with van der Waals surface area (Å²) in [7, 11) is -1.67. The summed E-state index contributed by atoms with van der Waals surface area (Å²) in [4.78, 5) is 10.1. The molecule has 0 saturated carbocycles. The molecule has 2 N–H and O–H groups in total. The molecule has 0 unspecified atom stereocenters. The lowest BCUT2D eigenvalue weighted by molar-refractivity contribution is 0.427. The van der Waals surface area contributed by atoms with Gasteiger partial charge in [-0.1, -0.05) is 104 Å². The smallest absolute Gasteiger partial charge is 0.423 e. The first-order valence-electron chi connectivity index (χ1n) is 13.9. The van der Waals surface area contributed by atoms with Crippen LogP contribution in [0.1, 0.15) is 30.3 Å². The number of aromatic nitrogens is 3. The van der Waals surface area contributed by atoms with E-state index in [9.17, 15) is 10.0 Å². The Morgan fingerprint density at radius 2 is 1.62 bits per heavy atom. The Bertz CT molecular complexity index is 1910. The van der Waals surface area contributed by atoms with Gasteiger partial charge in [0.05, 0.1) is 22.6 Å². The topological polar surface area (TPSA) is 71.2 Å². The van der Waals surface area contributed by atoms with Crippen molar-refractivity contribution in [2.45, 2.75) is 13.3 Å². The maximum atomic E-state index is 10.1. The third kappa shape index (κ3) is 5.21. The first-order valence-corrected chi connectivity index (χ1v) is 13.9. The van der Waals surface area contributed by atoms with Gasteiger partial charge in [0.25, 0.3) is 0 Å². The second-order valence-corrected chi connectivity index (χ2v) is 10.1. The molecule has 0 spiro atoms. The van der Waals surface area contributed by atoms with Gasteiger partial charge in [0.1, 0.15) is 0 Å². The van der Waals surface area contributed by atoms with Crippen LogP contribution in [-0.2, 0) is 0 Å². The van der Waals surface area contributed by atoms with Gasteiger partial charge >= 0.3 is 7.12 Å². The summed E-state index contributed by atoms with van der Waals surface area (Å²) in [5.41, 5.74) is 8.36. The van der Waals surface area contributed by atoms with Crippen molar-refractivity contribution in [1.82, 2.24) is 14.5 Å². The molecule has 0 aliphatic heterocycles. The molecule has 2 heterocycles. The highest BCUT2D eigenvalue weighted by molar-refractivity contribution is 6.66. The maximum Gasteiger partial charge on any atom is 0.488 e. The van der Waals surface area contributed by atoms with Crippen molar-refractivity contribution in [3.63, 3.8) is 0 Å². The van der Waals surface area contributed by atoms with E-state index < -0.39 is 7.12 Å². The average molecular weight is 547 g/mol. The minimum absolute atomic E-state index is 0.248. The average Bonchev–Trinajstić information content (AvgIpc) is 3.14. The monoisotopic (exact) mass is 547 g/mol. The summed E-state index contributed by atoms with van der Waals surface area (Å²) < 4.78 is 2.12. The molecule has 204 valence electrons. The van der Waals surface area contributed by atoms with Crippen LogP contribution in [0, 0.1) is 0 Å². The van der Waals surface area contributed by atoms with Gasteiger partial charge in [0.2, 0.25) is 0 Å². The summed E-state index contributed by atoms with van der Waals surface area (Å²) in [6.07, 6.45) is 15.1. The van der Waals surface area contributed by atoms with Crippen molar-refractivity contribution in [3.8, 4) is 28.3 Å². The summed E-state index contributed by atoms with van der Waals surface area (Å²) in [5.74, 6) is 0.630. The van der Waals surface area contributed by atoms with Gasteiger partial charge in [0, 0.05) is 27.8 Å². The molecule has 5 aromatic rings. The number of allylic oxidation sites excluding steroid dienone is 7. The molecule has 1 aliphatic rings. The van der Waals surface area contributed by atoms with Gasteiger partial charge in [-0.15, -0.1) is 0 Å². The summed E-state index contributed by atoms with van der Waals surface area (Å²) in [5, 5.41) is 21.0. The molecular formula is C36H30BN3O2. The van der Waals surface area contributed by atoms with Crippen LogP contribution in [0.5, 0.6) is 0 Å². The number of hydrogen-bond donors (Lipinski definition) is 2. The van der Waals surface area contributed by atoms with E-state index >= 15 is 0 Å². The summed E-state index contributed by atoms with van der Waals surface area (Å²) in [6.45, 7) is 5.95. The fourth-order valence-electron chi connectivity index (χ4n) is 5.37. The van der Waals surface area contributed by atoms with Crippen LogP contribution in [-0.4, -0.2) is 31.7 Å². The zero-order valence-corrected chi connectivity index (χ0v) is 23.4. The Morgan fingerprint density at radius 3 is 2.43 bits per heavy atom. The molecule has 0 saturated heterocycles. The quantitative estimate of drug-likeness (QED) is 0.205. The zero-order valence-electron chi connectivity index (χ0n) is 23.4. The molecule has 1 aliphatic carbocycles. The molecule has 5 nitrogen and oxygen atoms in total. The van der Waals surface area contributed by atoms with Crippen LogP contribution in [0.3, 0.4) is 0 Å². The van der Waals surface area contributed by atoms with Crippen LogP contribution >= 0.6 is 0 Å². The maximum absolute atomic E-state index is 10.1. The molecule has 0 radical (unpaired) electrons. The first-order chi connectivity index (χ1) is 20.5. The molecule has 0 amide bonds. The van der Waals surface area contributed by atoms with Crippen molar-refractivity contribution >= 4 is 35.1 Å². The standard InChI is InChI=1S/C36H30BN3O2/c1-3-14-34-35(25(2)37(41)42)30-21-11-12-22-33(30)40(34)29-20-13-19-28(23-29)36-38-31(26-15-7-4-5-8-16-26)24-32(39-36)27-17-9-6-10-18-27/h3-15,17-24,41-42H,2,16H2,1H3/b14-3-. The summed E-state index contributed by atoms with van der Waals surface area (Å²) >= 11 is 0. The Hall–Kier alpha value is -5.04. The Kier molecular flexibility index (Phi) is 7.65. The third-order valence-corrected chi connectivity index (χ3v) is 7.35. The fraction of sp³-hybridized carbons (Fsp3) is 0.0556. The van der Waals surface area contributed by atoms with E-state index in [1.807, 2.05) is 91.9 Å². The van der Waals surface area contributed by atoms with E-state index in [0.717, 1.165) is 56.8 Å². The van der Waals surface area contributed by atoms with Crippen LogP contribution < -0.4 is 0 Å². The molecule has 3 aromatic carbocycles. The van der Waals surface area contributed by atoms with Crippen molar-refractivity contribution in [1.29, 1.82) is 0 Å². The van der Waals surface area contributed by atoms with Crippen LogP contribution in [0.4, 0.5) is 0 Å². The lowest BCUT2D eigenvalue weighted by Gasteiger charge is -2.14. The minimum atomic E-state index is -1.67. The number of hydrogen-bond acceptors (Lipinski definition) is 4. The van der Waals surface area contributed by atoms with E-state index in [-0.39, 0.29) is 5.47 Å². The lowest BCUT2D eigenvalue weighted by atomic mass is 9.75. The van der Waals surface area contributed by atoms with E-state index in [1.54, 1.807) is 0 Å². The second-order valence-electron chi connectivity index (χ2n) is 10.1. The molecule has 42 heavy (non-hydrogen) atoms. The number of fused-ring (bicyclic) bond motifs is 1.